The fourth-order valence-corrected chi connectivity index (χ4v) is 4.38. The lowest BCUT2D eigenvalue weighted by Gasteiger charge is -2.40. The average Bonchev–Trinajstić information content (AvgIpc) is 3.10. The molecule has 0 saturated carbocycles. The highest BCUT2D eigenvalue weighted by molar-refractivity contribution is 8.00. The first kappa shape index (κ1) is 19.0. The van der Waals surface area contributed by atoms with Crippen molar-refractivity contribution >= 4 is 17.7 Å². The van der Waals surface area contributed by atoms with Crippen LogP contribution in [0.15, 0.2) is 29.4 Å². The van der Waals surface area contributed by atoms with Crippen molar-refractivity contribution in [3.05, 3.63) is 29.8 Å². The summed E-state index contributed by atoms with van der Waals surface area (Å²) in [5, 5.41) is 7.72. The molecular formula is C20H28N4OS. The highest BCUT2D eigenvalue weighted by Gasteiger charge is 2.32. The number of carbonyl (C=O) groups is 1. The fourth-order valence-electron chi connectivity index (χ4n) is 3.60. The molecule has 3 rings (SSSR count). The quantitative estimate of drug-likeness (QED) is 0.795. The number of aromatic amines is 1. The summed E-state index contributed by atoms with van der Waals surface area (Å²) in [5.74, 6) is 0.933. The molecule has 26 heavy (non-hydrogen) atoms. The van der Waals surface area contributed by atoms with E-state index in [4.69, 9.17) is 0 Å². The Bertz CT molecular complexity index is 733. The lowest BCUT2D eigenvalue weighted by atomic mass is 9.97. The van der Waals surface area contributed by atoms with Crippen molar-refractivity contribution in [1.82, 2.24) is 20.1 Å². The third-order valence-electron chi connectivity index (χ3n) is 5.18. The van der Waals surface area contributed by atoms with Crippen molar-refractivity contribution in [2.75, 3.05) is 0 Å². The zero-order valence-electron chi connectivity index (χ0n) is 16.0. The van der Waals surface area contributed by atoms with Crippen LogP contribution < -0.4 is 0 Å². The van der Waals surface area contributed by atoms with Gasteiger partial charge in [0.1, 0.15) is 0 Å². The Morgan fingerprint density at radius 3 is 2.54 bits per heavy atom. The number of H-pyrrole nitrogens is 1. The number of rotatable bonds is 5. The van der Waals surface area contributed by atoms with Gasteiger partial charge in [-0.15, -0.1) is 5.10 Å². The minimum absolute atomic E-state index is 0.188. The second-order valence-corrected chi connectivity index (χ2v) is 8.46. The van der Waals surface area contributed by atoms with Gasteiger partial charge in [-0.05, 0) is 52.0 Å². The summed E-state index contributed by atoms with van der Waals surface area (Å²) in [6.07, 6.45) is 4.40. The van der Waals surface area contributed by atoms with E-state index in [0.29, 0.717) is 17.2 Å². The predicted molar refractivity (Wildman–Crippen MR) is 106 cm³/mol. The molecule has 0 bridgehead atoms. The highest BCUT2D eigenvalue weighted by Crippen LogP contribution is 2.28. The van der Waals surface area contributed by atoms with Crippen molar-refractivity contribution in [3.63, 3.8) is 0 Å². The first-order chi connectivity index (χ1) is 12.5. The van der Waals surface area contributed by atoms with Crippen LogP contribution in [0.5, 0.6) is 0 Å². The van der Waals surface area contributed by atoms with E-state index < -0.39 is 0 Å². The van der Waals surface area contributed by atoms with Gasteiger partial charge in [0.15, 0.2) is 5.82 Å². The van der Waals surface area contributed by atoms with Gasteiger partial charge in [-0.3, -0.25) is 9.89 Å². The second-order valence-electron chi connectivity index (χ2n) is 7.15. The summed E-state index contributed by atoms with van der Waals surface area (Å²) in [5.41, 5.74) is 2.31. The van der Waals surface area contributed by atoms with Crippen molar-refractivity contribution in [1.29, 1.82) is 0 Å². The molecule has 3 atom stereocenters. The average molecular weight is 373 g/mol. The summed E-state index contributed by atoms with van der Waals surface area (Å²) >= 11 is 1.43. The number of hydrogen-bond acceptors (Lipinski definition) is 4. The van der Waals surface area contributed by atoms with Crippen molar-refractivity contribution < 1.29 is 4.79 Å². The summed E-state index contributed by atoms with van der Waals surface area (Å²) in [4.78, 5) is 19.5. The van der Waals surface area contributed by atoms with E-state index in [-0.39, 0.29) is 11.2 Å². The molecule has 2 aromatic rings. The molecule has 1 aromatic heterocycles. The van der Waals surface area contributed by atoms with E-state index in [0.717, 1.165) is 30.7 Å². The van der Waals surface area contributed by atoms with Crippen molar-refractivity contribution in [3.8, 4) is 11.4 Å². The topological polar surface area (TPSA) is 61.9 Å². The normalized spacial score (nSPS) is 21.6. The molecule has 0 aliphatic carbocycles. The van der Waals surface area contributed by atoms with Crippen molar-refractivity contribution in [2.24, 2.45) is 0 Å². The number of benzene rings is 1. The van der Waals surface area contributed by atoms with E-state index >= 15 is 0 Å². The standard InChI is InChI=1S/C20H28N4OS/c1-5-16-9-11-17(12-10-16)18-21-20(23-22-18)26-15(4)19(25)24-13(2)7-6-8-14(24)3/h9-15H,5-8H2,1-4H3,(H,21,22,23)/t13-,14-,15+/m0/s1. The lowest BCUT2D eigenvalue weighted by Crippen LogP contribution is -2.50. The van der Waals surface area contributed by atoms with Gasteiger partial charge in [-0.1, -0.05) is 43.0 Å². The van der Waals surface area contributed by atoms with Gasteiger partial charge in [0.25, 0.3) is 0 Å². The maximum Gasteiger partial charge on any atom is 0.236 e. The Labute approximate surface area is 160 Å². The largest absolute Gasteiger partial charge is 0.336 e. The van der Waals surface area contributed by atoms with E-state index in [2.05, 4.69) is 65.1 Å². The number of thioether (sulfide) groups is 1. The van der Waals surface area contributed by atoms with E-state index in [1.54, 1.807) is 0 Å². The van der Waals surface area contributed by atoms with Crippen LogP contribution in [0.3, 0.4) is 0 Å². The number of aryl methyl sites for hydroxylation is 1. The van der Waals surface area contributed by atoms with Crippen molar-refractivity contribution in [2.45, 2.75) is 75.9 Å². The maximum atomic E-state index is 12.9. The van der Waals surface area contributed by atoms with Crippen LogP contribution in [0, 0.1) is 0 Å². The van der Waals surface area contributed by atoms with Gasteiger partial charge in [-0.25, -0.2) is 4.98 Å². The SMILES string of the molecule is CCc1ccc(-c2nc(S[C@H](C)C(=O)N3[C@@H](C)CCC[C@@H]3C)n[nH]2)cc1. The van der Waals surface area contributed by atoms with Gasteiger partial charge in [-0.2, -0.15) is 0 Å². The molecule has 1 N–H and O–H groups in total. The van der Waals surface area contributed by atoms with Crippen LogP contribution in [0.2, 0.25) is 0 Å². The third-order valence-corrected chi connectivity index (χ3v) is 6.13. The molecule has 1 aliphatic rings. The molecule has 0 radical (unpaired) electrons. The first-order valence-electron chi connectivity index (χ1n) is 9.50. The van der Waals surface area contributed by atoms with Gasteiger partial charge in [0.2, 0.25) is 11.1 Å². The molecule has 6 heteroatoms. The number of nitrogens with zero attached hydrogens (tertiary/aromatic N) is 3. The molecule has 1 amide bonds. The molecule has 0 unspecified atom stereocenters. The lowest BCUT2D eigenvalue weighted by molar-refractivity contribution is -0.136. The number of likely N-dealkylation sites (tertiary alicyclic amines) is 1. The molecular weight excluding hydrogens is 344 g/mol. The number of carbonyl (C=O) groups excluding carboxylic acids is 1. The summed E-state index contributed by atoms with van der Waals surface area (Å²) < 4.78 is 0. The smallest absolute Gasteiger partial charge is 0.236 e. The Balaban J connectivity index is 1.67. The highest BCUT2D eigenvalue weighted by atomic mass is 32.2. The molecule has 1 fully saturated rings. The van der Waals surface area contributed by atoms with Crippen LogP contribution >= 0.6 is 11.8 Å². The number of nitrogens with one attached hydrogen (secondary N) is 1. The Kier molecular flexibility index (Phi) is 6.01. The Hall–Kier alpha value is -1.82. The number of piperidine rings is 1. The fraction of sp³-hybridized carbons (Fsp3) is 0.550. The van der Waals surface area contributed by atoms with Gasteiger partial charge >= 0.3 is 0 Å². The molecule has 1 aromatic carbocycles. The van der Waals surface area contributed by atoms with Crippen LogP contribution in [-0.4, -0.2) is 43.3 Å². The molecule has 5 nitrogen and oxygen atoms in total. The van der Waals surface area contributed by atoms with Gasteiger partial charge in [0.05, 0.1) is 5.25 Å². The minimum atomic E-state index is -0.191. The summed E-state index contributed by atoms with van der Waals surface area (Å²) in [6.45, 7) is 8.39. The molecule has 1 saturated heterocycles. The van der Waals surface area contributed by atoms with Gasteiger partial charge in [0, 0.05) is 17.6 Å². The molecule has 140 valence electrons. The van der Waals surface area contributed by atoms with E-state index in [1.807, 2.05) is 6.92 Å². The van der Waals surface area contributed by atoms with E-state index in [9.17, 15) is 4.79 Å². The van der Waals surface area contributed by atoms with Crippen LogP contribution in [0.25, 0.3) is 11.4 Å². The van der Waals surface area contributed by atoms with E-state index in [1.165, 1.54) is 23.7 Å². The summed E-state index contributed by atoms with van der Waals surface area (Å²) in [7, 11) is 0. The zero-order valence-corrected chi connectivity index (χ0v) is 16.8. The number of amides is 1. The third kappa shape index (κ3) is 4.11. The Morgan fingerprint density at radius 2 is 1.92 bits per heavy atom. The maximum absolute atomic E-state index is 12.9. The van der Waals surface area contributed by atoms with Gasteiger partial charge < -0.3 is 4.90 Å². The van der Waals surface area contributed by atoms with Crippen LogP contribution in [0.4, 0.5) is 0 Å². The molecule has 1 aliphatic heterocycles. The molecule has 0 spiro atoms. The molecule has 2 heterocycles. The first-order valence-corrected chi connectivity index (χ1v) is 10.4. The number of aromatic nitrogens is 3. The number of hydrogen-bond donors (Lipinski definition) is 1. The Morgan fingerprint density at radius 1 is 1.27 bits per heavy atom. The monoisotopic (exact) mass is 372 g/mol. The predicted octanol–water partition coefficient (Wildman–Crippen LogP) is 4.30. The second kappa shape index (κ2) is 8.25. The van der Waals surface area contributed by atoms with Crippen LogP contribution in [0.1, 0.15) is 52.5 Å². The summed E-state index contributed by atoms with van der Waals surface area (Å²) in [6, 6.07) is 8.95. The van der Waals surface area contributed by atoms with Crippen LogP contribution in [-0.2, 0) is 11.2 Å². The zero-order chi connectivity index (χ0) is 18.7. The minimum Gasteiger partial charge on any atom is -0.336 e.